The molecule has 3 rings (SSSR count). The van der Waals surface area contributed by atoms with Crippen LogP contribution in [-0.4, -0.2) is 25.2 Å². The number of ether oxygens (including phenoxy) is 1. The fourth-order valence-corrected chi connectivity index (χ4v) is 3.55. The van der Waals surface area contributed by atoms with Crippen molar-refractivity contribution in [1.82, 2.24) is 10.3 Å². The summed E-state index contributed by atoms with van der Waals surface area (Å²) in [5, 5.41) is 4.66. The van der Waals surface area contributed by atoms with Crippen LogP contribution in [0.15, 0.2) is 12.1 Å². The molecule has 1 aliphatic rings. The number of benzene rings is 1. The molecule has 1 aliphatic heterocycles. The average Bonchev–Trinajstić information content (AvgIpc) is 2.96. The van der Waals surface area contributed by atoms with Gasteiger partial charge < -0.3 is 10.1 Å². The van der Waals surface area contributed by atoms with Gasteiger partial charge in [0, 0.05) is 12.5 Å². The highest BCUT2D eigenvalue weighted by atomic mass is 32.1. The molecule has 1 aromatic heterocycles. The molecule has 90 valence electrons. The Bertz CT molecular complexity index is 544. The number of nitrogens with one attached hydrogen (secondary N) is 1. The second-order valence-corrected chi connectivity index (χ2v) is 5.60. The Kier molecular flexibility index (Phi) is 2.76. The molecule has 0 spiro atoms. The fourth-order valence-electron chi connectivity index (χ4n) is 2.34. The second kappa shape index (κ2) is 4.27. The topological polar surface area (TPSA) is 34.1 Å². The van der Waals surface area contributed by atoms with E-state index in [1.807, 2.05) is 11.3 Å². The first kappa shape index (κ1) is 11.0. The Labute approximate surface area is 105 Å². The van der Waals surface area contributed by atoms with E-state index in [1.54, 1.807) is 7.11 Å². The zero-order valence-electron chi connectivity index (χ0n) is 10.1. The number of rotatable bonds is 2. The molecule has 0 amide bonds. The fraction of sp³-hybridized carbons (Fsp3) is 0.462. The van der Waals surface area contributed by atoms with Crippen molar-refractivity contribution >= 4 is 21.6 Å². The predicted octanol–water partition coefficient (Wildman–Crippen LogP) is 2.69. The van der Waals surface area contributed by atoms with Crippen LogP contribution in [0.4, 0.5) is 0 Å². The number of hydrogen-bond donors (Lipinski definition) is 1. The van der Waals surface area contributed by atoms with Gasteiger partial charge >= 0.3 is 0 Å². The molecule has 17 heavy (non-hydrogen) atoms. The van der Waals surface area contributed by atoms with E-state index >= 15 is 0 Å². The average molecular weight is 248 g/mol. The van der Waals surface area contributed by atoms with Crippen LogP contribution in [0, 0.1) is 6.92 Å². The van der Waals surface area contributed by atoms with Gasteiger partial charge in [0.1, 0.15) is 5.75 Å². The first-order valence-corrected chi connectivity index (χ1v) is 6.75. The molecule has 1 aromatic carbocycles. The molecule has 1 unspecified atom stereocenters. The van der Waals surface area contributed by atoms with Gasteiger partial charge in [-0.1, -0.05) is 0 Å². The van der Waals surface area contributed by atoms with E-state index in [1.165, 1.54) is 21.7 Å². The normalized spacial score (nSPS) is 20.0. The summed E-state index contributed by atoms with van der Waals surface area (Å²) < 4.78 is 6.54. The summed E-state index contributed by atoms with van der Waals surface area (Å²) in [6, 6.07) is 4.14. The number of aromatic nitrogens is 1. The van der Waals surface area contributed by atoms with Crippen LogP contribution in [0.2, 0.25) is 0 Å². The lowest BCUT2D eigenvalue weighted by atomic mass is 10.1. The molecule has 0 radical (unpaired) electrons. The summed E-state index contributed by atoms with van der Waals surface area (Å²) in [6.07, 6.45) is 1.20. The van der Waals surface area contributed by atoms with E-state index in [0.717, 1.165) is 24.4 Å². The van der Waals surface area contributed by atoms with Crippen LogP contribution < -0.4 is 10.1 Å². The Morgan fingerprint density at radius 2 is 2.35 bits per heavy atom. The van der Waals surface area contributed by atoms with Gasteiger partial charge in [-0.25, -0.2) is 4.98 Å². The maximum Gasteiger partial charge on any atom is 0.120 e. The summed E-state index contributed by atoms with van der Waals surface area (Å²) >= 11 is 1.81. The van der Waals surface area contributed by atoms with E-state index in [9.17, 15) is 0 Å². The number of nitrogens with zero attached hydrogens (tertiary/aromatic N) is 1. The molecular weight excluding hydrogens is 232 g/mol. The van der Waals surface area contributed by atoms with Crippen molar-refractivity contribution in [3.05, 3.63) is 22.7 Å². The summed E-state index contributed by atoms with van der Waals surface area (Å²) in [5.41, 5.74) is 2.34. The Balaban J connectivity index is 2.08. The lowest BCUT2D eigenvalue weighted by molar-refractivity contribution is 0.415. The highest BCUT2D eigenvalue weighted by Gasteiger charge is 2.20. The number of thiazole rings is 1. The highest BCUT2D eigenvalue weighted by molar-refractivity contribution is 7.18. The lowest BCUT2D eigenvalue weighted by Crippen LogP contribution is -2.07. The number of methoxy groups -OCH3 is 1. The van der Waals surface area contributed by atoms with E-state index in [0.29, 0.717) is 5.92 Å². The standard InChI is InChI=1S/C13H16N2OS/c1-8-5-10(16-2)6-11-12(8)15-13(17-11)9-3-4-14-7-9/h5-6,9,14H,3-4,7H2,1-2H3. The summed E-state index contributed by atoms with van der Waals surface area (Å²) in [7, 11) is 1.71. The molecule has 2 aromatic rings. The van der Waals surface area contributed by atoms with Crippen LogP contribution in [0.1, 0.15) is 22.9 Å². The SMILES string of the molecule is COc1cc(C)c2nc(C3CCNC3)sc2c1. The quantitative estimate of drug-likeness (QED) is 0.887. The van der Waals surface area contributed by atoms with E-state index in [2.05, 4.69) is 24.4 Å². The van der Waals surface area contributed by atoms with Crippen LogP contribution >= 0.6 is 11.3 Å². The van der Waals surface area contributed by atoms with Gasteiger partial charge in [-0.2, -0.15) is 0 Å². The van der Waals surface area contributed by atoms with Crippen molar-refractivity contribution in [2.45, 2.75) is 19.3 Å². The van der Waals surface area contributed by atoms with Crippen molar-refractivity contribution in [2.24, 2.45) is 0 Å². The van der Waals surface area contributed by atoms with Crippen molar-refractivity contribution in [3.8, 4) is 5.75 Å². The molecule has 1 atom stereocenters. The second-order valence-electron chi connectivity index (χ2n) is 4.53. The molecule has 1 fully saturated rings. The smallest absolute Gasteiger partial charge is 0.120 e. The van der Waals surface area contributed by atoms with Gasteiger partial charge in [-0.05, 0) is 37.6 Å². The largest absolute Gasteiger partial charge is 0.497 e. The third kappa shape index (κ3) is 1.91. The van der Waals surface area contributed by atoms with Crippen molar-refractivity contribution in [3.63, 3.8) is 0 Å². The van der Waals surface area contributed by atoms with Gasteiger partial charge in [-0.15, -0.1) is 11.3 Å². The van der Waals surface area contributed by atoms with Crippen LogP contribution in [-0.2, 0) is 0 Å². The first-order chi connectivity index (χ1) is 8.28. The summed E-state index contributed by atoms with van der Waals surface area (Å²) in [6.45, 7) is 4.28. The Morgan fingerprint density at radius 1 is 1.47 bits per heavy atom. The van der Waals surface area contributed by atoms with E-state index in [4.69, 9.17) is 9.72 Å². The van der Waals surface area contributed by atoms with Crippen LogP contribution in [0.3, 0.4) is 0 Å². The zero-order valence-corrected chi connectivity index (χ0v) is 10.9. The van der Waals surface area contributed by atoms with Gasteiger partial charge in [0.15, 0.2) is 0 Å². The Hall–Kier alpha value is -1.13. The third-order valence-electron chi connectivity index (χ3n) is 3.32. The minimum atomic E-state index is 0.595. The van der Waals surface area contributed by atoms with Crippen molar-refractivity contribution in [2.75, 3.05) is 20.2 Å². The van der Waals surface area contributed by atoms with E-state index in [-0.39, 0.29) is 0 Å². The van der Waals surface area contributed by atoms with Crippen LogP contribution in [0.25, 0.3) is 10.2 Å². The summed E-state index contributed by atoms with van der Waals surface area (Å²) in [5.74, 6) is 1.52. The summed E-state index contributed by atoms with van der Waals surface area (Å²) in [4.78, 5) is 4.79. The maximum atomic E-state index is 5.30. The monoisotopic (exact) mass is 248 g/mol. The molecule has 0 saturated carbocycles. The van der Waals surface area contributed by atoms with Gasteiger partial charge in [0.2, 0.25) is 0 Å². The van der Waals surface area contributed by atoms with Gasteiger partial charge in [0.05, 0.1) is 22.3 Å². The number of hydrogen-bond acceptors (Lipinski definition) is 4. The molecule has 0 aliphatic carbocycles. The zero-order chi connectivity index (χ0) is 11.8. The molecule has 2 heterocycles. The molecule has 1 N–H and O–H groups in total. The Morgan fingerprint density at radius 3 is 3.06 bits per heavy atom. The maximum absolute atomic E-state index is 5.30. The molecule has 4 heteroatoms. The third-order valence-corrected chi connectivity index (χ3v) is 4.49. The first-order valence-electron chi connectivity index (χ1n) is 5.93. The predicted molar refractivity (Wildman–Crippen MR) is 71.1 cm³/mol. The van der Waals surface area contributed by atoms with Crippen molar-refractivity contribution < 1.29 is 4.74 Å². The minimum Gasteiger partial charge on any atom is -0.497 e. The minimum absolute atomic E-state index is 0.595. The molecule has 0 bridgehead atoms. The van der Waals surface area contributed by atoms with Gasteiger partial charge in [0.25, 0.3) is 0 Å². The van der Waals surface area contributed by atoms with Crippen LogP contribution in [0.5, 0.6) is 5.75 Å². The number of fused-ring (bicyclic) bond motifs is 1. The molecular formula is C13H16N2OS. The lowest BCUT2D eigenvalue weighted by Gasteiger charge is -2.01. The highest BCUT2D eigenvalue weighted by Crippen LogP contribution is 2.34. The molecule has 3 nitrogen and oxygen atoms in total. The van der Waals surface area contributed by atoms with Crippen molar-refractivity contribution in [1.29, 1.82) is 0 Å². The van der Waals surface area contributed by atoms with Gasteiger partial charge in [-0.3, -0.25) is 0 Å². The van der Waals surface area contributed by atoms with E-state index < -0.39 is 0 Å². The number of aryl methyl sites for hydroxylation is 1. The molecule has 1 saturated heterocycles.